The van der Waals surface area contributed by atoms with Crippen molar-refractivity contribution in [2.24, 2.45) is 0 Å². The van der Waals surface area contributed by atoms with Crippen LogP contribution in [0.2, 0.25) is 0 Å². The zero-order chi connectivity index (χ0) is 19.0. The van der Waals surface area contributed by atoms with E-state index >= 15 is 0 Å². The van der Waals surface area contributed by atoms with E-state index in [1.807, 2.05) is 13.8 Å². The predicted molar refractivity (Wildman–Crippen MR) is 109 cm³/mol. The fraction of sp³-hybridized carbons (Fsp3) is 0.545. The molecule has 0 N–H and O–H groups in total. The Bertz CT molecular complexity index is 798. The number of nitrogens with zero attached hydrogens (tertiary/aromatic N) is 2. The summed E-state index contributed by atoms with van der Waals surface area (Å²) < 4.78 is 5.22. The van der Waals surface area contributed by atoms with Crippen molar-refractivity contribution in [2.45, 2.75) is 70.2 Å². The third-order valence-corrected chi connectivity index (χ3v) is 7.25. The van der Waals surface area contributed by atoms with E-state index in [1.165, 1.54) is 11.1 Å². The van der Waals surface area contributed by atoms with Crippen molar-refractivity contribution in [1.29, 1.82) is 0 Å². The van der Waals surface area contributed by atoms with Crippen LogP contribution >= 0.6 is 11.8 Å². The van der Waals surface area contributed by atoms with Crippen LogP contribution in [0, 0.1) is 20.8 Å². The molecule has 5 heteroatoms. The Labute approximate surface area is 165 Å². The number of aromatic nitrogens is 1. The Hall–Kier alpha value is -1.75. The first-order valence-corrected chi connectivity index (χ1v) is 11.1. The number of aryl methyl sites for hydroxylation is 3. The minimum Gasteiger partial charge on any atom is -0.361 e. The normalized spacial score (nSPS) is 24.4. The van der Waals surface area contributed by atoms with E-state index in [9.17, 15) is 4.79 Å². The molecule has 4 nitrogen and oxygen atoms in total. The van der Waals surface area contributed by atoms with Gasteiger partial charge in [0.25, 0.3) is 0 Å². The molecule has 0 spiro atoms. The molecule has 144 valence electrons. The van der Waals surface area contributed by atoms with Crippen LogP contribution in [0.15, 0.2) is 28.8 Å². The van der Waals surface area contributed by atoms with Crippen molar-refractivity contribution >= 4 is 17.7 Å². The zero-order valence-electron chi connectivity index (χ0n) is 16.4. The largest absolute Gasteiger partial charge is 0.361 e. The van der Waals surface area contributed by atoms with Gasteiger partial charge in [0.15, 0.2) is 0 Å². The molecule has 2 atom stereocenters. The van der Waals surface area contributed by atoms with Crippen molar-refractivity contribution in [3.05, 3.63) is 52.4 Å². The smallest absolute Gasteiger partial charge is 0.233 e. The summed E-state index contributed by atoms with van der Waals surface area (Å²) in [5.41, 5.74) is 4.94. The molecule has 2 aliphatic rings. The fourth-order valence-corrected chi connectivity index (χ4v) is 5.95. The molecule has 2 unspecified atom stereocenters. The molecule has 1 amide bonds. The summed E-state index contributed by atoms with van der Waals surface area (Å²) in [5.74, 6) is 3.12. The van der Waals surface area contributed by atoms with Crippen LogP contribution < -0.4 is 0 Å². The van der Waals surface area contributed by atoms with Crippen molar-refractivity contribution in [3.8, 4) is 0 Å². The van der Waals surface area contributed by atoms with Gasteiger partial charge in [-0.25, -0.2) is 0 Å². The minimum atomic E-state index is 0.308. The van der Waals surface area contributed by atoms with Crippen LogP contribution in [0.5, 0.6) is 0 Å². The Morgan fingerprint density at radius 1 is 1.19 bits per heavy atom. The molecule has 0 radical (unpaired) electrons. The number of carbonyl (C=O) groups excluding carboxylic acids is 1. The predicted octanol–water partition coefficient (Wildman–Crippen LogP) is 4.77. The van der Waals surface area contributed by atoms with Gasteiger partial charge in [-0.1, -0.05) is 29.4 Å². The number of fused-ring (bicyclic) bond motifs is 2. The quantitative estimate of drug-likeness (QED) is 0.745. The highest BCUT2D eigenvalue weighted by molar-refractivity contribution is 7.99. The summed E-state index contributed by atoms with van der Waals surface area (Å²) in [4.78, 5) is 15.2. The summed E-state index contributed by atoms with van der Waals surface area (Å²) in [5, 5.41) is 4.00. The molecule has 1 aromatic heterocycles. The molecule has 2 fully saturated rings. The van der Waals surface area contributed by atoms with Crippen molar-refractivity contribution < 1.29 is 9.32 Å². The Morgan fingerprint density at radius 2 is 1.89 bits per heavy atom. The van der Waals surface area contributed by atoms with Gasteiger partial charge >= 0.3 is 0 Å². The highest BCUT2D eigenvalue weighted by atomic mass is 32.2. The van der Waals surface area contributed by atoms with Crippen LogP contribution in [-0.2, 0) is 10.5 Å². The van der Waals surface area contributed by atoms with Crippen LogP contribution in [0.1, 0.15) is 59.7 Å². The van der Waals surface area contributed by atoms with Crippen LogP contribution in [0.4, 0.5) is 0 Å². The lowest BCUT2D eigenvalue weighted by molar-refractivity contribution is -0.132. The number of piperidine rings is 1. The van der Waals surface area contributed by atoms with Gasteiger partial charge < -0.3 is 9.42 Å². The van der Waals surface area contributed by atoms with Crippen molar-refractivity contribution in [1.82, 2.24) is 10.1 Å². The summed E-state index contributed by atoms with van der Waals surface area (Å²) in [6.45, 7) is 6.11. The Kier molecular flexibility index (Phi) is 5.31. The topological polar surface area (TPSA) is 46.3 Å². The van der Waals surface area contributed by atoms with Gasteiger partial charge in [-0.2, -0.15) is 0 Å². The standard InChI is InChI=1S/C22H28N2O2S/c1-14-6-4-5-7-20(14)17-10-18-8-9-19(11-17)24(18)22(25)13-27-12-21-15(2)23-26-16(21)3/h4-7,17-19H,8-13H2,1-3H3. The maximum Gasteiger partial charge on any atom is 0.233 e. The first-order chi connectivity index (χ1) is 13.0. The van der Waals surface area contributed by atoms with E-state index < -0.39 is 0 Å². The van der Waals surface area contributed by atoms with E-state index in [0.717, 1.165) is 48.5 Å². The molecule has 2 aliphatic heterocycles. The SMILES string of the molecule is Cc1ccccc1C1CC2CCC(C1)N2C(=O)CSCc1c(C)noc1C. The van der Waals surface area contributed by atoms with Crippen LogP contribution in [0.25, 0.3) is 0 Å². The molecule has 1 aromatic carbocycles. The van der Waals surface area contributed by atoms with Gasteiger partial charge in [0.05, 0.1) is 11.4 Å². The zero-order valence-corrected chi connectivity index (χ0v) is 17.2. The second kappa shape index (κ2) is 7.70. The number of hydrogen-bond acceptors (Lipinski definition) is 4. The molecule has 27 heavy (non-hydrogen) atoms. The number of rotatable bonds is 5. The first kappa shape index (κ1) is 18.6. The number of amides is 1. The lowest BCUT2D eigenvalue weighted by atomic mass is 9.83. The second-order valence-electron chi connectivity index (χ2n) is 8.01. The average Bonchev–Trinajstić information content (AvgIpc) is 3.11. The van der Waals surface area contributed by atoms with E-state index in [0.29, 0.717) is 29.7 Å². The molecule has 0 aliphatic carbocycles. The number of carbonyl (C=O) groups is 1. The third-order valence-electron chi connectivity index (χ3n) is 6.30. The number of benzene rings is 1. The molecular weight excluding hydrogens is 356 g/mol. The van der Waals surface area contributed by atoms with Gasteiger partial charge in [-0.05, 0) is 63.5 Å². The van der Waals surface area contributed by atoms with Gasteiger partial charge in [0.1, 0.15) is 5.76 Å². The lowest BCUT2D eigenvalue weighted by Gasteiger charge is -2.39. The third kappa shape index (κ3) is 3.66. The number of hydrogen-bond donors (Lipinski definition) is 0. The van der Waals surface area contributed by atoms with Gasteiger partial charge in [0.2, 0.25) is 5.91 Å². The molecule has 4 rings (SSSR count). The second-order valence-corrected chi connectivity index (χ2v) is 8.99. The van der Waals surface area contributed by atoms with Gasteiger partial charge in [0, 0.05) is 23.4 Å². The molecule has 3 heterocycles. The molecule has 0 saturated carbocycles. The summed E-state index contributed by atoms with van der Waals surface area (Å²) in [6.07, 6.45) is 4.55. The van der Waals surface area contributed by atoms with E-state index in [4.69, 9.17) is 4.52 Å². The number of thioether (sulfide) groups is 1. The summed E-state index contributed by atoms with van der Waals surface area (Å²) in [6, 6.07) is 9.58. The van der Waals surface area contributed by atoms with E-state index in [-0.39, 0.29) is 0 Å². The van der Waals surface area contributed by atoms with E-state index in [1.54, 1.807) is 11.8 Å². The van der Waals surface area contributed by atoms with E-state index in [2.05, 4.69) is 41.2 Å². The maximum atomic E-state index is 12.9. The highest BCUT2D eigenvalue weighted by Crippen LogP contribution is 2.44. The Balaban J connectivity index is 1.36. The monoisotopic (exact) mass is 384 g/mol. The van der Waals surface area contributed by atoms with Crippen LogP contribution in [0.3, 0.4) is 0 Å². The van der Waals surface area contributed by atoms with Crippen LogP contribution in [-0.4, -0.2) is 33.8 Å². The van der Waals surface area contributed by atoms with Crippen molar-refractivity contribution in [2.75, 3.05) is 5.75 Å². The average molecular weight is 385 g/mol. The molecule has 2 saturated heterocycles. The lowest BCUT2D eigenvalue weighted by Crippen LogP contribution is -2.46. The molecule has 2 aromatic rings. The molecule has 2 bridgehead atoms. The summed E-state index contributed by atoms with van der Waals surface area (Å²) >= 11 is 1.68. The Morgan fingerprint density at radius 3 is 2.52 bits per heavy atom. The summed E-state index contributed by atoms with van der Waals surface area (Å²) in [7, 11) is 0. The van der Waals surface area contributed by atoms with Gasteiger partial charge in [-0.3, -0.25) is 4.79 Å². The maximum absolute atomic E-state index is 12.9. The molecular formula is C22H28N2O2S. The van der Waals surface area contributed by atoms with Gasteiger partial charge in [-0.15, -0.1) is 11.8 Å². The highest BCUT2D eigenvalue weighted by Gasteiger charge is 2.43. The fourth-order valence-electron chi connectivity index (χ4n) is 4.91. The first-order valence-electron chi connectivity index (χ1n) is 9.90. The van der Waals surface area contributed by atoms with Crippen molar-refractivity contribution in [3.63, 3.8) is 0 Å². The minimum absolute atomic E-state index is 0.308.